The molecule has 13 heavy (non-hydrogen) atoms. The van der Waals surface area contributed by atoms with Crippen LogP contribution < -0.4 is 21.5 Å². The zero-order valence-electron chi connectivity index (χ0n) is 8.10. The van der Waals surface area contributed by atoms with E-state index in [4.69, 9.17) is 24.4 Å². The molecule has 0 fully saturated rings. The van der Waals surface area contributed by atoms with Crippen molar-refractivity contribution in [2.24, 2.45) is 0 Å². The van der Waals surface area contributed by atoms with Crippen LogP contribution in [0.4, 0.5) is 0 Å². The number of hydrogen-bond donors (Lipinski definition) is 4. The highest BCUT2D eigenvalue weighted by molar-refractivity contribution is 7.80. The molecule has 0 spiro atoms. The Labute approximate surface area is 89.8 Å². The first kappa shape index (κ1) is 12.4. The lowest BCUT2D eigenvalue weighted by Gasteiger charge is -2.15. The minimum Gasteiger partial charge on any atom is -0.362 e. The Balaban J connectivity index is 3.52. The van der Waals surface area contributed by atoms with Crippen LogP contribution in [0.15, 0.2) is 0 Å². The van der Waals surface area contributed by atoms with Gasteiger partial charge in [-0.1, -0.05) is 0 Å². The van der Waals surface area contributed by atoms with Gasteiger partial charge in [0.25, 0.3) is 0 Å². The molecule has 0 aromatic carbocycles. The molecule has 0 aromatic heterocycles. The second-order valence-corrected chi connectivity index (χ2v) is 3.55. The summed E-state index contributed by atoms with van der Waals surface area (Å²) in [5, 5.41) is 7.01. The molecule has 0 saturated carbocycles. The van der Waals surface area contributed by atoms with Crippen molar-refractivity contribution in [3.63, 3.8) is 0 Å². The minimum atomic E-state index is 0.314. The van der Waals surface area contributed by atoms with E-state index >= 15 is 0 Å². The first-order chi connectivity index (χ1) is 6.06. The van der Waals surface area contributed by atoms with E-state index in [1.807, 2.05) is 20.8 Å². The Kier molecular flexibility index (Phi) is 6.52. The predicted octanol–water partition coefficient (Wildman–Crippen LogP) is 0.258. The van der Waals surface area contributed by atoms with Crippen LogP contribution in [-0.4, -0.2) is 22.8 Å². The summed E-state index contributed by atoms with van der Waals surface area (Å²) in [6.07, 6.45) is 0. The summed E-state index contributed by atoms with van der Waals surface area (Å²) < 4.78 is 0. The van der Waals surface area contributed by atoms with E-state index in [2.05, 4.69) is 21.5 Å². The Morgan fingerprint density at radius 1 is 1.15 bits per heavy atom. The molecule has 6 heteroatoms. The maximum atomic E-state index is 4.96. The second kappa shape index (κ2) is 6.85. The molecule has 0 atom stereocenters. The molecule has 4 N–H and O–H groups in total. The van der Waals surface area contributed by atoms with E-state index in [0.717, 1.165) is 6.54 Å². The van der Waals surface area contributed by atoms with Gasteiger partial charge < -0.3 is 10.6 Å². The zero-order chi connectivity index (χ0) is 10.3. The smallest absolute Gasteiger partial charge is 0.185 e. The summed E-state index contributed by atoms with van der Waals surface area (Å²) in [7, 11) is 0. The van der Waals surface area contributed by atoms with Crippen LogP contribution in [0.5, 0.6) is 0 Å². The summed E-state index contributed by atoms with van der Waals surface area (Å²) in [4.78, 5) is 0. The third kappa shape index (κ3) is 7.73. The van der Waals surface area contributed by atoms with Gasteiger partial charge in [-0.2, -0.15) is 0 Å². The number of hydrogen-bond acceptors (Lipinski definition) is 2. The van der Waals surface area contributed by atoms with Gasteiger partial charge in [0.1, 0.15) is 0 Å². The van der Waals surface area contributed by atoms with Gasteiger partial charge in [-0.05, 0) is 45.2 Å². The third-order valence-corrected chi connectivity index (χ3v) is 1.51. The molecule has 0 unspecified atom stereocenters. The van der Waals surface area contributed by atoms with Gasteiger partial charge in [0.15, 0.2) is 10.2 Å². The molecular formula is C7H16N4S2. The van der Waals surface area contributed by atoms with Gasteiger partial charge in [0.2, 0.25) is 0 Å². The van der Waals surface area contributed by atoms with Gasteiger partial charge >= 0.3 is 0 Å². The van der Waals surface area contributed by atoms with Gasteiger partial charge in [-0.15, -0.1) is 0 Å². The first-order valence-electron chi connectivity index (χ1n) is 4.16. The number of rotatable bonds is 2. The van der Waals surface area contributed by atoms with Crippen molar-refractivity contribution in [1.82, 2.24) is 21.5 Å². The molecule has 0 amide bonds. The second-order valence-electron chi connectivity index (χ2n) is 2.74. The summed E-state index contributed by atoms with van der Waals surface area (Å²) in [5.41, 5.74) is 5.52. The minimum absolute atomic E-state index is 0.314. The molecule has 0 rings (SSSR count). The Hall–Kier alpha value is -0.620. The fraction of sp³-hybridized carbons (Fsp3) is 0.714. The molecule has 0 aliphatic carbocycles. The van der Waals surface area contributed by atoms with Crippen LogP contribution in [0.3, 0.4) is 0 Å². The highest BCUT2D eigenvalue weighted by Crippen LogP contribution is 1.75. The maximum absolute atomic E-state index is 4.96. The molecule has 0 aromatic rings. The molecular weight excluding hydrogens is 204 g/mol. The Bertz CT molecular complexity index is 181. The molecule has 0 aliphatic rings. The van der Waals surface area contributed by atoms with E-state index < -0.39 is 0 Å². The van der Waals surface area contributed by atoms with Crippen molar-refractivity contribution in [2.75, 3.05) is 6.54 Å². The van der Waals surface area contributed by atoms with E-state index in [1.165, 1.54) is 0 Å². The van der Waals surface area contributed by atoms with Crippen molar-refractivity contribution in [3.8, 4) is 0 Å². The summed E-state index contributed by atoms with van der Waals surface area (Å²) in [6, 6.07) is 0.314. The van der Waals surface area contributed by atoms with Crippen LogP contribution in [0.1, 0.15) is 20.8 Å². The monoisotopic (exact) mass is 220 g/mol. The van der Waals surface area contributed by atoms with E-state index in [9.17, 15) is 0 Å². The topological polar surface area (TPSA) is 48.1 Å². The van der Waals surface area contributed by atoms with E-state index in [0.29, 0.717) is 16.3 Å². The predicted molar refractivity (Wildman–Crippen MR) is 63.4 cm³/mol. The average molecular weight is 220 g/mol. The fourth-order valence-corrected chi connectivity index (χ4v) is 1.10. The average Bonchev–Trinajstić information content (AvgIpc) is 2.00. The molecule has 76 valence electrons. The van der Waals surface area contributed by atoms with Gasteiger partial charge in [0, 0.05) is 12.6 Å². The summed E-state index contributed by atoms with van der Waals surface area (Å²) >= 11 is 9.87. The van der Waals surface area contributed by atoms with Crippen molar-refractivity contribution in [3.05, 3.63) is 0 Å². The van der Waals surface area contributed by atoms with Gasteiger partial charge in [0.05, 0.1) is 0 Å². The third-order valence-electron chi connectivity index (χ3n) is 1.05. The maximum Gasteiger partial charge on any atom is 0.185 e. The number of thiocarbonyl (C=S) groups is 2. The summed E-state index contributed by atoms with van der Waals surface area (Å²) in [6.45, 7) is 6.78. The Morgan fingerprint density at radius 2 is 1.69 bits per heavy atom. The number of nitrogens with one attached hydrogen (secondary N) is 4. The van der Waals surface area contributed by atoms with Crippen molar-refractivity contribution in [1.29, 1.82) is 0 Å². The van der Waals surface area contributed by atoms with E-state index in [-0.39, 0.29) is 0 Å². The fourth-order valence-electron chi connectivity index (χ4n) is 0.617. The molecule has 0 aliphatic heterocycles. The summed E-state index contributed by atoms with van der Waals surface area (Å²) in [5.74, 6) is 0. The molecule has 0 radical (unpaired) electrons. The van der Waals surface area contributed by atoms with Crippen molar-refractivity contribution >= 4 is 34.7 Å². The van der Waals surface area contributed by atoms with Crippen LogP contribution >= 0.6 is 24.4 Å². The first-order valence-corrected chi connectivity index (χ1v) is 4.98. The lowest BCUT2D eigenvalue weighted by atomic mass is 10.4. The lowest BCUT2D eigenvalue weighted by Crippen LogP contribution is -2.51. The van der Waals surface area contributed by atoms with Gasteiger partial charge in [-0.3, -0.25) is 10.9 Å². The van der Waals surface area contributed by atoms with Crippen molar-refractivity contribution in [2.45, 2.75) is 26.8 Å². The molecule has 0 saturated heterocycles. The van der Waals surface area contributed by atoms with Crippen LogP contribution in [0, 0.1) is 0 Å². The van der Waals surface area contributed by atoms with Crippen molar-refractivity contribution < 1.29 is 0 Å². The highest BCUT2D eigenvalue weighted by atomic mass is 32.1. The zero-order valence-corrected chi connectivity index (χ0v) is 9.73. The molecule has 4 nitrogen and oxygen atoms in total. The Morgan fingerprint density at radius 3 is 2.15 bits per heavy atom. The SMILES string of the molecule is CCNC(=S)NNC(=S)NC(C)C. The largest absolute Gasteiger partial charge is 0.362 e. The quantitative estimate of drug-likeness (QED) is 0.396. The molecule has 0 heterocycles. The van der Waals surface area contributed by atoms with Crippen LogP contribution in [-0.2, 0) is 0 Å². The highest BCUT2D eigenvalue weighted by Gasteiger charge is 1.97. The normalized spacial score (nSPS) is 9.23. The van der Waals surface area contributed by atoms with Crippen LogP contribution in [0.2, 0.25) is 0 Å². The van der Waals surface area contributed by atoms with E-state index in [1.54, 1.807) is 0 Å². The lowest BCUT2D eigenvalue weighted by molar-refractivity contribution is 0.700. The molecule has 0 bridgehead atoms. The number of hydrazine groups is 1. The van der Waals surface area contributed by atoms with Crippen LogP contribution in [0.25, 0.3) is 0 Å². The standard InChI is InChI=1S/C7H16N4S2/c1-4-8-6(12)10-11-7(13)9-5(2)3/h5H,4H2,1-3H3,(H2,8,10,12)(H2,9,11,13). The van der Waals surface area contributed by atoms with Gasteiger partial charge in [-0.25, -0.2) is 0 Å².